The average Bonchev–Trinajstić information content (AvgIpc) is 2.56. The number of benzene rings is 2. The van der Waals surface area contributed by atoms with E-state index in [1.165, 1.54) is 0 Å². The predicted molar refractivity (Wildman–Crippen MR) is 90.8 cm³/mol. The van der Waals surface area contributed by atoms with Crippen molar-refractivity contribution in [2.75, 3.05) is 24.3 Å². The highest BCUT2D eigenvalue weighted by atomic mass is 16.5. The fourth-order valence-electron chi connectivity index (χ4n) is 2.10. The molecule has 1 amide bonds. The molecule has 0 atom stereocenters. The van der Waals surface area contributed by atoms with E-state index in [1.807, 2.05) is 38.1 Å². The Labute approximate surface area is 135 Å². The molecule has 0 aliphatic rings. The lowest BCUT2D eigenvalue weighted by Gasteiger charge is -2.10. The number of ether oxygens (including phenoxy) is 1. The fourth-order valence-corrected chi connectivity index (χ4v) is 2.10. The maximum Gasteiger partial charge on any atom is 0.340 e. The summed E-state index contributed by atoms with van der Waals surface area (Å²) < 4.78 is 5.07. The monoisotopic (exact) mass is 312 g/mol. The van der Waals surface area contributed by atoms with Crippen LogP contribution < -0.4 is 10.6 Å². The Morgan fingerprint density at radius 1 is 1.04 bits per heavy atom. The van der Waals surface area contributed by atoms with Crippen LogP contribution in [0.15, 0.2) is 42.5 Å². The maximum absolute atomic E-state index is 12.0. The van der Waals surface area contributed by atoms with Crippen molar-refractivity contribution in [1.29, 1.82) is 0 Å². The Morgan fingerprint density at radius 2 is 1.78 bits per heavy atom. The fraction of sp³-hybridized carbons (Fsp3) is 0.222. The average molecular weight is 312 g/mol. The van der Waals surface area contributed by atoms with Crippen LogP contribution in [0, 0.1) is 13.8 Å². The molecule has 120 valence electrons. The Hall–Kier alpha value is -2.82. The van der Waals surface area contributed by atoms with Crippen LogP contribution in [0.2, 0.25) is 0 Å². The van der Waals surface area contributed by atoms with Gasteiger partial charge in [0.15, 0.2) is 6.61 Å². The second-order valence-electron chi connectivity index (χ2n) is 5.22. The highest BCUT2D eigenvalue weighted by Gasteiger charge is 2.13. The van der Waals surface area contributed by atoms with Crippen LogP contribution in [0.25, 0.3) is 0 Å². The van der Waals surface area contributed by atoms with Gasteiger partial charge in [-0.15, -0.1) is 0 Å². The summed E-state index contributed by atoms with van der Waals surface area (Å²) in [5.41, 5.74) is 3.98. The van der Waals surface area contributed by atoms with E-state index in [-0.39, 0.29) is 12.5 Å². The zero-order valence-corrected chi connectivity index (χ0v) is 13.5. The van der Waals surface area contributed by atoms with Crippen LogP contribution >= 0.6 is 0 Å². The minimum Gasteiger partial charge on any atom is -0.452 e. The Bertz CT molecular complexity index is 726. The van der Waals surface area contributed by atoms with Crippen LogP contribution in [0.4, 0.5) is 11.4 Å². The minimum atomic E-state index is -0.537. The van der Waals surface area contributed by atoms with Crippen molar-refractivity contribution in [2.45, 2.75) is 13.8 Å². The van der Waals surface area contributed by atoms with Crippen LogP contribution in [0.5, 0.6) is 0 Å². The highest BCUT2D eigenvalue weighted by molar-refractivity contribution is 5.98. The van der Waals surface area contributed by atoms with E-state index in [1.54, 1.807) is 25.2 Å². The number of esters is 1. The van der Waals surface area contributed by atoms with Crippen molar-refractivity contribution >= 4 is 23.3 Å². The van der Waals surface area contributed by atoms with Crippen LogP contribution in [-0.2, 0) is 9.53 Å². The number of hydrogen-bond donors (Lipinski definition) is 2. The molecule has 2 rings (SSSR count). The molecule has 0 aromatic heterocycles. The van der Waals surface area contributed by atoms with Gasteiger partial charge in [0, 0.05) is 18.4 Å². The minimum absolute atomic E-state index is 0.330. The zero-order chi connectivity index (χ0) is 16.8. The van der Waals surface area contributed by atoms with Crippen molar-refractivity contribution < 1.29 is 14.3 Å². The topological polar surface area (TPSA) is 67.4 Å². The number of para-hydroxylation sites is 1. The molecule has 5 heteroatoms. The van der Waals surface area contributed by atoms with Crippen LogP contribution in [-0.4, -0.2) is 25.5 Å². The van der Waals surface area contributed by atoms with Gasteiger partial charge in [-0.3, -0.25) is 4.79 Å². The molecule has 0 saturated carbocycles. The normalized spacial score (nSPS) is 10.0. The van der Waals surface area contributed by atoms with E-state index in [9.17, 15) is 9.59 Å². The smallest absolute Gasteiger partial charge is 0.340 e. The molecule has 0 heterocycles. The number of hydrogen-bond acceptors (Lipinski definition) is 4. The van der Waals surface area contributed by atoms with Gasteiger partial charge in [0.05, 0.1) is 5.56 Å². The first kappa shape index (κ1) is 16.5. The lowest BCUT2D eigenvalue weighted by molar-refractivity contribution is -0.119. The molecule has 2 aromatic carbocycles. The molecule has 2 N–H and O–H groups in total. The second kappa shape index (κ2) is 7.45. The predicted octanol–water partition coefficient (Wildman–Crippen LogP) is 3.14. The summed E-state index contributed by atoms with van der Waals surface area (Å²) in [5.74, 6) is -0.909. The summed E-state index contributed by atoms with van der Waals surface area (Å²) in [4.78, 5) is 23.9. The summed E-state index contributed by atoms with van der Waals surface area (Å²) in [6, 6.07) is 12.6. The van der Waals surface area contributed by atoms with Gasteiger partial charge in [-0.25, -0.2) is 4.79 Å². The van der Waals surface area contributed by atoms with E-state index < -0.39 is 5.97 Å². The molecule has 0 radical (unpaired) electrons. The highest BCUT2D eigenvalue weighted by Crippen LogP contribution is 2.16. The second-order valence-corrected chi connectivity index (χ2v) is 5.22. The Kier molecular flexibility index (Phi) is 5.36. The SMILES string of the molecule is CNc1ccccc1C(=O)OCC(=O)Nc1ccc(C)c(C)c1. The van der Waals surface area contributed by atoms with Gasteiger partial charge < -0.3 is 15.4 Å². The van der Waals surface area contributed by atoms with Crippen LogP contribution in [0.3, 0.4) is 0 Å². The third-order valence-electron chi connectivity index (χ3n) is 3.54. The molecule has 0 fully saturated rings. The molecular weight excluding hydrogens is 292 g/mol. The molecule has 0 aliphatic carbocycles. The van der Waals surface area contributed by atoms with Gasteiger partial charge in [0.25, 0.3) is 5.91 Å². The van der Waals surface area contributed by atoms with Gasteiger partial charge in [-0.2, -0.15) is 0 Å². The van der Waals surface area contributed by atoms with Gasteiger partial charge in [-0.1, -0.05) is 18.2 Å². The van der Waals surface area contributed by atoms with Crippen molar-refractivity contribution in [1.82, 2.24) is 0 Å². The van der Waals surface area contributed by atoms with Crippen molar-refractivity contribution in [3.05, 3.63) is 59.2 Å². The largest absolute Gasteiger partial charge is 0.452 e. The number of carbonyl (C=O) groups excluding carboxylic acids is 2. The standard InChI is InChI=1S/C18H20N2O3/c1-12-8-9-14(10-13(12)2)20-17(21)11-23-18(22)15-6-4-5-7-16(15)19-3/h4-10,19H,11H2,1-3H3,(H,20,21). The van der Waals surface area contributed by atoms with Gasteiger partial charge in [0.2, 0.25) is 0 Å². The third-order valence-corrected chi connectivity index (χ3v) is 3.54. The molecule has 0 bridgehead atoms. The van der Waals surface area contributed by atoms with E-state index >= 15 is 0 Å². The van der Waals surface area contributed by atoms with E-state index in [0.29, 0.717) is 16.9 Å². The van der Waals surface area contributed by atoms with E-state index in [4.69, 9.17) is 4.74 Å². The van der Waals surface area contributed by atoms with E-state index in [2.05, 4.69) is 10.6 Å². The number of carbonyl (C=O) groups is 2. The van der Waals surface area contributed by atoms with Crippen molar-refractivity contribution in [2.24, 2.45) is 0 Å². The number of anilines is 2. The van der Waals surface area contributed by atoms with Gasteiger partial charge in [0.1, 0.15) is 0 Å². The third kappa shape index (κ3) is 4.32. The number of rotatable bonds is 5. The number of nitrogens with one attached hydrogen (secondary N) is 2. The number of aryl methyl sites for hydroxylation is 2. The lowest BCUT2D eigenvalue weighted by Crippen LogP contribution is -2.21. The molecule has 0 spiro atoms. The van der Waals surface area contributed by atoms with Crippen molar-refractivity contribution in [3.63, 3.8) is 0 Å². The quantitative estimate of drug-likeness (QED) is 0.832. The summed E-state index contributed by atoms with van der Waals surface area (Å²) in [5, 5.41) is 5.63. The molecule has 5 nitrogen and oxygen atoms in total. The number of amides is 1. The first-order valence-electron chi connectivity index (χ1n) is 7.32. The lowest BCUT2D eigenvalue weighted by atomic mass is 10.1. The first-order valence-corrected chi connectivity index (χ1v) is 7.32. The maximum atomic E-state index is 12.0. The summed E-state index contributed by atoms with van der Waals surface area (Å²) in [6.45, 7) is 3.64. The van der Waals surface area contributed by atoms with Gasteiger partial charge in [-0.05, 0) is 49.2 Å². The van der Waals surface area contributed by atoms with E-state index in [0.717, 1.165) is 11.1 Å². The molecular formula is C18H20N2O3. The first-order chi connectivity index (χ1) is 11.0. The summed E-state index contributed by atoms with van der Waals surface area (Å²) in [6.07, 6.45) is 0. The van der Waals surface area contributed by atoms with Crippen molar-refractivity contribution in [3.8, 4) is 0 Å². The molecule has 0 saturated heterocycles. The van der Waals surface area contributed by atoms with Gasteiger partial charge >= 0.3 is 5.97 Å². The molecule has 0 unspecified atom stereocenters. The molecule has 2 aromatic rings. The molecule has 23 heavy (non-hydrogen) atoms. The Morgan fingerprint density at radius 3 is 2.48 bits per heavy atom. The summed E-state index contributed by atoms with van der Waals surface area (Å²) in [7, 11) is 1.72. The zero-order valence-electron chi connectivity index (χ0n) is 13.5. The summed E-state index contributed by atoms with van der Waals surface area (Å²) >= 11 is 0. The molecule has 0 aliphatic heterocycles. The Balaban J connectivity index is 1.93. The van der Waals surface area contributed by atoms with Crippen LogP contribution in [0.1, 0.15) is 21.5 Å².